The Labute approximate surface area is 172 Å². The number of benzene rings is 1. The van der Waals surface area contributed by atoms with Crippen molar-refractivity contribution in [1.29, 1.82) is 0 Å². The van der Waals surface area contributed by atoms with Crippen molar-refractivity contribution in [2.24, 2.45) is 0 Å². The van der Waals surface area contributed by atoms with Gasteiger partial charge in [0.15, 0.2) is 6.29 Å². The summed E-state index contributed by atoms with van der Waals surface area (Å²) >= 11 is 17.8. The molecule has 1 aromatic rings. The quantitative estimate of drug-likeness (QED) is 0.291. The first-order valence-corrected chi connectivity index (χ1v) is 9.00. The van der Waals surface area contributed by atoms with Crippen LogP contribution < -0.4 is 4.74 Å². The van der Waals surface area contributed by atoms with Crippen molar-refractivity contribution in [3.63, 3.8) is 0 Å². The van der Waals surface area contributed by atoms with E-state index in [9.17, 15) is 25.4 Å². The van der Waals surface area contributed by atoms with Crippen molar-refractivity contribution in [2.75, 3.05) is 6.61 Å². The van der Waals surface area contributed by atoms with Gasteiger partial charge in [-0.3, -0.25) is 25.4 Å². The zero-order chi connectivity index (χ0) is 20.8. The number of fused-ring (bicyclic) bond motifs is 3. The van der Waals surface area contributed by atoms with E-state index in [-0.39, 0.29) is 35.0 Å². The lowest BCUT2D eigenvalue weighted by atomic mass is 9.84. The summed E-state index contributed by atoms with van der Waals surface area (Å²) in [5, 5.41) is 35.2. The van der Waals surface area contributed by atoms with Gasteiger partial charge in [0.25, 0.3) is 11.4 Å². The van der Waals surface area contributed by atoms with Gasteiger partial charge in [0.05, 0.1) is 21.8 Å². The van der Waals surface area contributed by atoms with Gasteiger partial charge < -0.3 is 14.3 Å². The zero-order valence-electron chi connectivity index (χ0n) is 14.0. The van der Waals surface area contributed by atoms with Crippen LogP contribution in [0, 0.1) is 25.4 Å². The normalized spacial score (nSPS) is 23.9. The molecule has 2 aliphatic heterocycles. The van der Waals surface area contributed by atoms with Crippen molar-refractivity contribution in [3.8, 4) is 5.75 Å². The average molecular weight is 457 g/mol. The van der Waals surface area contributed by atoms with Crippen molar-refractivity contribution in [3.05, 3.63) is 43.1 Å². The van der Waals surface area contributed by atoms with Gasteiger partial charge in [-0.05, 0) is 6.92 Å². The smallest absolute Gasteiger partial charge is 0.318 e. The number of hydrogen-bond acceptors (Lipinski definition) is 8. The van der Waals surface area contributed by atoms with E-state index in [1.54, 1.807) is 6.92 Å². The first-order valence-electron chi connectivity index (χ1n) is 7.87. The number of halogens is 3. The highest BCUT2D eigenvalue weighted by atomic mass is 35.6. The number of ether oxygens (including phenoxy) is 2. The molecule has 11 nitrogen and oxygen atoms in total. The minimum Gasteiger partial charge on any atom is -0.467 e. The largest absolute Gasteiger partial charge is 0.467 e. The van der Waals surface area contributed by atoms with Crippen molar-refractivity contribution in [2.45, 2.75) is 35.4 Å². The van der Waals surface area contributed by atoms with Crippen LogP contribution in [0.4, 0.5) is 11.4 Å². The lowest BCUT2D eigenvalue weighted by Gasteiger charge is -2.38. The maximum absolute atomic E-state index is 12.5. The number of rotatable bonds is 4. The summed E-state index contributed by atoms with van der Waals surface area (Å²) in [5.74, 6) is -1.24. The number of nitrogens with zero attached hydrogens (tertiary/aromatic N) is 3. The molecule has 1 aromatic carbocycles. The number of alkyl halides is 3. The van der Waals surface area contributed by atoms with Gasteiger partial charge in [-0.25, -0.2) is 0 Å². The molecule has 2 heterocycles. The van der Waals surface area contributed by atoms with Crippen LogP contribution in [0.3, 0.4) is 0 Å². The van der Waals surface area contributed by atoms with Gasteiger partial charge in [0, 0.05) is 29.6 Å². The Morgan fingerprint density at radius 3 is 2.50 bits per heavy atom. The Morgan fingerprint density at radius 2 is 1.96 bits per heavy atom. The summed E-state index contributed by atoms with van der Waals surface area (Å²) in [6.07, 6.45) is -2.51. The Bertz CT molecular complexity index is 872. The first-order chi connectivity index (χ1) is 13.0. The number of nitro groups is 2. The second kappa shape index (κ2) is 7.39. The maximum Gasteiger partial charge on any atom is 0.318 e. The molecule has 0 saturated heterocycles. The van der Waals surface area contributed by atoms with Crippen molar-refractivity contribution in [1.82, 2.24) is 0 Å². The molecule has 0 fully saturated rings. The fourth-order valence-corrected chi connectivity index (χ4v) is 3.63. The molecule has 0 radical (unpaired) electrons. The number of nitro benzene ring substituents is 2. The molecule has 28 heavy (non-hydrogen) atoms. The summed E-state index contributed by atoms with van der Waals surface area (Å²) in [7, 11) is 0. The second-order valence-electron chi connectivity index (χ2n) is 5.90. The number of non-ortho nitro benzene ring substituents is 1. The van der Waals surface area contributed by atoms with Crippen LogP contribution in [0.2, 0.25) is 0 Å². The maximum atomic E-state index is 12.5. The minimum absolute atomic E-state index is 0.00778. The van der Waals surface area contributed by atoms with Crippen molar-refractivity contribution < 1.29 is 29.1 Å². The van der Waals surface area contributed by atoms with E-state index in [2.05, 4.69) is 0 Å². The molecule has 0 spiro atoms. The fraction of sp³-hybridized carbons (Fsp3) is 0.500. The lowest BCUT2D eigenvalue weighted by molar-refractivity contribution is -0.773. The molecule has 14 heteroatoms. The van der Waals surface area contributed by atoms with E-state index in [0.29, 0.717) is 0 Å². The highest BCUT2D eigenvalue weighted by molar-refractivity contribution is 6.69. The predicted octanol–water partition coefficient (Wildman–Crippen LogP) is 3.37. The summed E-state index contributed by atoms with van der Waals surface area (Å²) in [4.78, 5) is 26.2. The third-order valence-corrected chi connectivity index (χ3v) is 4.82. The summed E-state index contributed by atoms with van der Waals surface area (Å²) < 4.78 is 8.63. The molecule has 3 atom stereocenters. The monoisotopic (exact) mass is 455 g/mol. The molecule has 0 unspecified atom stereocenters. The van der Waals surface area contributed by atoms with Crippen LogP contribution in [0.25, 0.3) is 0 Å². The molecule has 0 saturated carbocycles. The minimum atomic E-state index is -2.18. The van der Waals surface area contributed by atoms with E-state index in [1.165, 1.54) is 0 Å². The molecule has 0 aliphatic carbocycles. The summed E-state index contributed by atoms with van der Waals surface area (Å²) in [5.41, 5.74) is -1.37. The van der Waals surface area contributed by atoms with Gasteiger partial charge in [-0.2, -0.15) is 0 Å². The highest BCUT2D eigenvalue weighted by Gasteiger charge is 2.55. The molecule has 2 aliphatic rings. The molecule has 0 bridgehead atoms. The molecule has 0 aromatic heterocycles. The molecule has 0 amide bonds. The van der Waals surface area contributed by atoms with Crippen LogP contribution in [-0.2, 0) is 9.57 Å². The van der Waals surface area contributed by atoms with Gasteiger partial charge in [0.2, 0.25) is 15.6 Å². The molecular formula is C14H12Cl3N3O8. The molecule has 0 N–H and O–H groups in total. The van der Waals surface area contributed by atoms with Crippen LogP contribution in [0.5, 0.6) is 5.75 Å². The molecule has 3 rings (SSSR count). The topological polar surface area (TPSA) is 140 Å². The summed E-state index contributed by atoms with van der Waals surface area (Å²) in [6, 6.07) is 1.83. The predicted molar refractivity (Wildman–Crippen MR) is 96.9 cm³/mol. The van der Waals surface area contributed by atoms with E-state index < -0.39 is 43.3 Å². The van der Waals surface area contributed by atoms with Gasteiger partial charge in [-0.1, -0.05) is 34.8 Å². The molecular weight excluding hydrogens is 445 g/mol. The van der Waals surface area contributed by atoms with E-state index in [0.717, 1.165) is 12.1 Å². The Kier molecular flexibility index (Phi) is 5.45. The number of hydrogen-bond donors (Lipinski definition) is 0. The fourth-order valence-electron chi connectivity index (χ4n) is 3.16. The zero-order valence-corrected chi connectivity index (χ0v) is 16.3. The highest BCUT2D eigenvalue weighted by Crippen LogP contribution is 2.50. The SMILES string of the molecule is CCO[C@H]1C[C@@H]2C(=[N+]([O-])O1)[C@@H](C(Cl)(Cl)Cl)Oc1c2cc([N+](=O)[O-])cc1[N+](=O)[O-]. The molecule has 152 valence electrons. The van der Waals surface area contributed by atoms with Crippen LogP contribution in [0.15, 0.2) is 12.1 Å². The summed E-state index contributed by atoms with van der Waals surface area (Å²) in [6.45, 7) is 1.89. The third-order valence-electron chi connectivity index (χ3n) is 4.23. The van der Waals surface area contributed by atoms with Gasteiger partial charge in [-0.15, -0.1) is 0 Å². The standard InChI is InChI=1S/C14H12Cl3N3O8/c1-2-26-10-5-7-8-3-6(18(21)22)4-9(19(23)24)12(8)27-13(14(15,16)17)11(7)20(25)28-10/h3-4,7,10,13H,2,5H2,1H3/t7-,10+,13-/m0/s1. The second-order valence-corrected chi connectivity index (χ2v) is 8.27. The van der Waals surface area contributed by atoms with E-state index in [4.69, 9.17) is 49.1 Å². The Balaban J connectivity index is 2.26. The first kappa shape index (κ1) is 20.6. The van der Waals surface area contributed by atoms with Crippen LogP contribution in [0.1, 0.15) is 24.8 Å². The Hall–Kier alpha value is -2.08. The van der Waals surface area contributed by atoms with Gasteiger partial charge in [0.1, 0.15) is 0 Å². The third kappa shape index (κ3) is 3.62. The van der Waals surface area contributed by atoms with Gasteiger partial charge >= 0.3 is 5.69 Å². The lowest BCUT2D eigenvalue weighted by Crippen LogP contribution is -2.52. The van der Waals surface area contributed by atoms with Crippen molar-refractivity contribution >= 4 is 51.9 Å². The van der Waals surface area contributed by atoms with E-state index in [1.807, 2.05) is 0 Å². The van der Waals surface area contributed by atoms with Crippen LogP contribution in [-0.4, -0.2) is 43.3 Å². The van der Waals surface area contributed by atoms with E-state index >= 15 is 0 Å². The average Bonchev–Trinajstić information content (AvgIpc) is 2.59. The Morgan fingerprint density at radius 1 is 1.29 bits per heavy atom. The van der Waals surface area contributed by atoms with Crippen LogP contribution >= 0.6 is 34.8 Å².